The third kappa shape index (κ3) is 4.72. The van der Waals surface area contributed by atoms with Crippen LogP contribution in [-0.2, 0) is 11.3 Å². The van der Waals surface area contributed by atoms with Crippen LogP contribution in [0.2, 0.25) is 0 Å². The normalized spacial score (nSPS) is 10.6. The molecule has 0 spiro atoms. The molecule has 0 atom stereocenters. The lowest BCUT2D eigenvalue weighted by Gasteiger charge is -2.18. The molecule has 0 radical (unpaired) electrons. The van der Waals surface area contributed by atoms with Crippen LogP contribution in [0.3, 0.4) is 0 Å². The van der Waals surface area contributed by atoms with Crippen LogP contribution >= 0.6 is 34.9 Å². The molecule has 0 aliphatic rings. The summed E-state index contributed by atoms with van der Waals surface area (Å²) in [6.45, 7) is 2.70. The van der Waals surface area contributed by atoms with Crippen molar-refractivity contribution < 1.29 is 4.79 Å². The second kappa shape index (κ2) is 7.82. The number of rotatable bonds is 6. The summed E-state index contributed by atoms with van der Waals surface area (Å²) in [5, 5.41) is 8.08. The molecule has 0 fully saturated rings. The first-order chi connectivity index (χ1) is 10.1. The van der Waals surface area contributed by atoms with Crippen LogP contribution in [0.25, 0.3) is 0 Å². The van der Waals surface area contributed by atoms with Gasteiger partial charge in [-0.05, 0) is 24.3 Å². The number of benzene rings is 1. The molecule has 2 aromatic rings. The fourth-order valence-corrected chi connectivity index (χ4v) is 4.08. The van der Waals surface area contributed by atoms with Crippen LogP contribution in [0.15, 0.2) is 32.9 Å². The first-order valence-electron chi connectivity index (χ1n) is 6.39. The first-order valence-corrected chi connectivity index (χ1v) is 9.41. The van der Waals surface area contributed by atoms with Gasteiger partial charge in [0, 0.05) is 13.6 Å². The second-order valence-corrected chi connectivity index (χ2v) is 7.76. The molecule has 0 aliphatic heterocycles. The van der Waals surface area contributed by atoms with E-state index in [1.807, 2.05) is 25.4 Å². The molecule has 1 aromatic heterocycles. The molecule has 1 amide bonds. The zero-order valence-corrected chi connectivity index (χ0v) is 14.6. The largest absolute Gasteiger partial charge is 0.341 e. The molecule has 112 valence electrons. The van der Waals surface area contributed by atoms with Crippen molar-refractivity contribution in [3.05, 3.63) is 35.4 Å². The molecule has 21 heavy (non-hydrogen) atoms. The third-order valence-corrected chi connectivity index (χ3v) is 5.99. The highest BCUT2D eigenvalue weighted by atomic mass is 32.2. The highest BCUT2D eigenvalue weighted by molar-refractivity contribution is 8.03. The van der Waals surface area contributed by atoms with Gasteiger partial charge in [-0.3, -0.25) is 4.79 Å². The Labute approximate surface area is 137 Å². The summed E-state index contributed by atoms with van der Waals surface area (Å²) >= 11 is 4.54. The summed E-state index contributed by atoms with van der Waals surface area (Å²) in [6.07, 6.45) is 1.97. The van der Waals surface area contributed by atoms with Gasteiger partial charge >= 0.3 is 0 Å². The van der Waals surface area contributed by atoms with Crippen molar-refractivity contribution in [1.29, 1.82) is 0 Å². The average Bonchev–Trinajstić information content (AvgIpc) is 2.95. The number of nitrogens with zero attached hydrogens (tertiary/aromatic N) is 3. The third-order valence-electron chi connectivity index (χ3n) is 2.98. The van der Waals surface area contributed by atoms with Crippen LogP contribution in [0.5, 0.6) is 0 Å². The summed E-state index contributed by atoms with van der Waals surface area (Å²) in [5.74, 6) is 0.495. The van der Waals surface area contributed by atoms with E-state index in [0.717, 1.165) is 8.68 Å². The Morgan fingerprint density at radius 3 is 2.67 bits per heavy atom. The maximum absolute atomic E-state index is 12.2. The predicted octanol–water partition coefficient (Wildman–Crippen LogP) is 3.32. The van der Waals surface area contributed by atoms with Gasteiger partial charge in [0.15, 0.2) is 8.68 Å². The van der Waals surface area contributed by atoms with E-state index in [9.17, 15) is 4.79 Å². The zero-order chi connectivity index (χ0) is 15.2. The minimum atomic E-state index is 0.101. The number of carbonyl (C=O) groups is 1. The highest BCUT2D eigenvalue weighted by Crippen LogP contribution is 2.27. The van der Waals surface area contributed by atoms with E-state index in [2.05, 4.69) is 29.3 Å². The fourth-order valence-electron chi connectivity index (χ4n) is 1.70. The SMILES string of the molecule is CSc1nnc(SCC(=O)N(C)Cc2ccccc2C)s1. The lowest BCUT2D eigenvalue weighted by molar-refractivity contribution is -0.127. The number of aryl methyl sites for hydroxylation is 1. The molecule has 0 saturated heterocycles. The molecule has 1 heterocycles. The molecule has 0 aliphatic carbocycles. The van der Waals surface area contributed by atoms with Crippen LogP contribution in [-0.4, -0.2) is 40.1 Å². The zero-order valence-electron chi connectivity index (χ0n) is 12.2. The number of aromatic nitrogens is 2. The van der Waals surface area contributed by atoms with E-state index >= 15 is 0 Å². The van der Waals surface area contributed by atoms with Crippen molar-refractivity contribution in [2.24, 2.45) is 0 Å². The number of hydrogen-bond acceptors (Lipinski definition) is 6. The molecular weight excluding hydrogens is 322 g/mol. The number of amides is 1. The highest BCUT2D eigenvalue weighted by Gasteiger charge is 2.12. The molecule has 4 nitrogen and oxygen atoms in total. The Morgan fingerprint density at radius 2 is 2.00 bits per heavy atom. The summed E-state index contributed by atoms with van der Waals surface area (Å²) in [4.78, 5) is 13.9. The Hall–Kier alpha value is -1.05. The number of thioether (sulfide) groups is 2. The Morgan fingerprint density at radius 1 is 1.29 bits per heavy atom. The lowest BCUT2D eigenvalue weighted by atomic mass is 10.1. The Balaban J connectivity index is 1.86. The minimum absolute atomic E-state index is 0.101. The summed E-state index contributed by atoms with van der Waals surface area (Å²) in [6, 6.07) is 8.13. The average molecular weight is 340 g/mol. The van der Waals surface area contributed by atoms with Crippen LogP contribution in [0.4, 0.5) is 0 Å². The van der Waals surface area contributed by atoms with Gasteiger partial charge in [0.1, 0.15) is 0 Å². The molecule has 2 rings (SSSR count). The van der Waals surface area contributed by atoms with Crippen LogP contribution in [0.1, 0.15) is 11.1 Å². The topological polar surface area (TPSA) is 46.1 Å². The van der Waals surface area contributed by atoms with Gasteiger partial charge in [-0.2, -0.15) is 0 Å². The van der Waals surface area contributed by atoms with E-state index < -0.39 is 0 Å². The maximum atomic E-state index is 12.2. The van der Waals surface area contributed by atoms with Gasteiger partial charge < -0.3 is 4.90 Å². The van der Waals surface area contributed by atoms with Gasteiger partial charge in [-0.1, -0.05) is 59.1 Å². The van der Waals surface area contributed by atoms with E-state index in [1.165, 1.54) is 34.2 Å². The summed E-state index contributed by atoms with van der Waals surface area (Å²) < 4.78 is 1.77. The van der Waals surface area contributed by atoms with Crippen LogP contribution in [0, 0.1) is 6.92 Å². The van der Waals surface area contributed by atoms with E-state index in [1.54, 1.807) is 16.7 Å². The van der Waals surface area contributed by atoms with E-state index in [0.29, 0.717) is 12.3 Å². The van der Waals surface area contributed by atoms with Gasteiger partial charge in [-0.25, -0.2) is 0 Å². The molecule has 0 bridgehead atoms. The standard InChI is InChI=1S/C14H17N3OS3/c1-10-6-4-5-7-11(10)8-17(2)12(18)9-20-14-16-15-13(19-3)21-14/h4-7H,8-9H2,1-3H3. The van der Waals surface area contributed by atoms with E-state index in [-0.39, 0.29) is 5.91 Å². The fraction of sp³-hybridized carbons (Fsp3) is 0.357. The quantitative estimate of drug-likeness (QED) is 0.756. The monoisotopic (exact) mass is 339 g/mol. The van der Waals surface area contributed by atoms with Gasteiger partial charge in [-0.15, -0.1) is 10.2 Å². The van der Waals surface area contributed by atoms with Gasteiger partial charge in [0.25, 0.3) is 0 Å². The minimum Gasteiger partial charge on any atom is -0.341 e. The molecule has 7 heteroatoms. The first kappa shape index (κ1) is 16.3. The van der Waals surface area contributed by atoms with Crippen molar-refractivity contribution in [2.45, 2.75) is 22.1 Å². The number of hydrogen-bond donors (Lipinski definition) is 0. The summed E-state index contributed by atoms with van der Waals surface area (Å²) in [7, 11) is 1.84. The van der Waals surface area contributed by atoms with Crippen molar-refractivity contribution in [1.82, 2.24) is 15.1 Å². The van der Waals surface area contributed by atoms with Crippen molar-refractivity contribution in [3.63, 3.8) is 0 Å². The van der Waals surface area contributed by atoms with Gasteiger partial charge in [0.05, 0.1) is 5.75 Å². The Kier molecular flexibility index (Phi) is 6.08. The van der Waals surface area contributed by atoms with Crippen molar-refractivity contribution in [2.75, 3.05) is 19.1 Å². The number of carbonyl (C=O) groups excluding carboxylic acids is 1. The maximum Gasteiger partial charge on any atom is 0.233 e. The molecule has 0 saturated carbocycles. The smallest absolute Gasteiger partial charge is 0.233 e. The van der Waals surface area contributed by atoms with E-state index in [4.69, 9.17) is 0 Å². The molecule has 0 unspecified atom stereocenters. The summed E-state index contributed by atoms with van der Waals surface area (Å²) in [5.41, 5.74) is 2.39. The molecular formula is C14H17N3OS3. The molecule has 0 N–H and O–H groups in total. The molecule has 1 aromatic carbocycles. The predicted molar refractivity (Wildman–Crippen MR) is 90.1 cm³/mol. The van der Waals surface area contributed by atoms with Crippen molar-refractivity contribution >= 4 is 40.8 Å². The second-order valence-electron chi connectivity index (χ2n) is 4.50. The Bertz CT molecular complexity index is 615. The van der Waals surface area contributed by atoms with Crippen LogP contribution < -0.4 is 0 Å². The van der Waals surface area contributed by atoms with Crippen molar-refractivity contribution in [3.8, 4) is 0 Å². The van der Waals surface area contributed by atoms with Gasteiger partial charge in [0.2, 0.25) is 5.91 Å². The lowest BCUT2D eigenvalue weighted by Crippen LogP contribution is -2.28.